The van der Waals surface area contributed by atoms with Gasteiger partial charge in [0.15, 0.2) is 5.12 Å². The SMILES string of the molecule is CC1(C)OC(=O)CC(=O)O1.Cc1ccccc1.O=C(O)CC(=O)SCc1ccc(Cl)cc1.OCc1ccc(Cl)cc1. The number of aliphatic hydroxyl groups is 1. The fourth-order valence-electron chi connectivity index (χ4n) is 2.80. The molecule has 0 spiro atoms. The van der Waals surface area contributed by atoms with Gasteiger partial charge in [-0.15, -0.1) is 0 Å². The fourth-order valence-corrected chi connectivity index (χ4v) is 3.80. The van der Waals surface area contributed by atoms with E-state index in [-0.39, 0.29) is 18.1 Å². The molecule has 3 aromatic rings. The van der Waals surface area contributed by atoms with E-state index in [0.29, 0.717) is 15.8 Å². The van der Waals surface area contributed by atoms with Crippen LogP contribution in [-0.4, -0.2) is 39.0 Å². The molecule has 0 amide bonds. The number of carbonyl (C=O) groups is 4. The number of carboxylic acids is 1. The highest BCUT2D eigenvalue weighted by molar-refractivity contribution is 8.13. The molecular weight excluding hydrogens is 591 g/mol. The number of esters is 2. The van der Waals surface area contributed by atoms with Crippen LogP contribution < -0.4 is 0 Å². The smallest absolute Gasteiger partial charge is 0.320 e. The number of carbonyl (C=O) groups excluding carboxylic acids is 3. The van der Waals surface area contributed by atoms with Gasteiger partial charge in [-0.3, -0.25) is 19.2 Å². The van der Waals surface area contributed by atoms with Crippen molar-refractivity contribution in [3.05, 3.63) is 106 Å². The molecule has 11 heteroatoms. The van der Waals surface area contributed by atoms with Crippen molar-refractivity contribution in [2.75, 3.05) is 0 Å². The molecule has 0 aliphatic carbocycles. The Bertz CT molecular complexity index is 1230. The Morgan fingerprint density at radius 2 is 1.29 bits per heavy atom. The molecule has 0 radical (unpaired) electrons. The van der Waals surface area contributed by atoms with E-state index in [1.54, 1.807) is 36.4 Å². The van der Waals surface area contributed by atoms with Crippen LogP contribution in [0.15, 0.2) is 78.9 Å². The van der Waals surface area contributed by atoms with Gasteiger partial charge in [0.25, 0.3) is 5.79 Å². The first-order chi connectivity index (χ1) is 19.3. The lowest BCUT2D eigenvalue weighted by atomic mass is 10.2. The third-order valence-electron chi connectivity index (χ3n) is 4.65. The van der Waals surface area contributed by atoms with Gasteiger partial charge in [-0.25, -0.2) is 0 Å². The fraction of sp³-hybridized carbons (Fsp3) is 0.267. The molecule has 4 rings (SSSR count). The quantitative estimate of drug-likeness (QED) is 0.238. The Morgan fingerprint density at radius 1 is 0.829 bits per heavy atom. The summed E-state index contributed by atoms with van der Waals surface area (Å²) in [5.74, 6) is -2.75. The maximum atomic E-state index is 11.0. The molecule has 0 aromatic heterocycles. The van der Waals surface area contributed by atoms with E-state index in [1.807, 2.05) is 30.3 Å². The number of benzene rings is 3. The van der Waals surface area contributed by atoms with Crippen molar-refractivity contribution in [2.24, 2.45) is 0 Å². The Kier molecular flexibility index (Phi) is 16.4. The monoisotopic (exact) mass is 622 g/mol. The first-order valence-corrected chi connectivity index (χ1v) is 14.0. The number of hydrogen-bond acceptors (Lipinski definition) is 8. The number of cyclic esters (lactones) is 2. The van der Waals surface area contributed by atoms with Crippen molar-refractivity contribution < 1.29 is 38.9 Å². The normalized spacial score (nSPS) is 12.9. The third-order valence-corrected chi connectivity index (χ3v) is 6.10. The van der Waals surface area contributed by atoms with Gasteiger partial charge >= 0.3 is 17.9 Å². The van der Waals surface area contributed by atoms with E-state index in [1.165, 1.54) is 19.4 Å². The summed E-state index contributed by atoms with van der Waals surface area (Å²) in [6.45, 7) is 5.20. The molecule has 41 heavy (non-hydrogen) atoms. The van der Waals surface area contributed by atoms with Crippen LogP contribution >= 0.6 is 35.0 Å². The number of halogens is 2. The van der Waals surface area contributed by atoms with E-state index in [0.717, 1.165) is 22.9 Å². The van der Waals surface area contributed by atoms with Crippen molar-refractivity contribution in [2.45, 2.75) is 51.8 Å². The molecule has 0 bridgehead atoms. The minimum absolute atomic E-state index is 0.0805. The van der Waals surface area contributed by atoms with Crippen LogP contribution in [0.4, 0.5) is 0 Å². The highest BCUT2D eigenvalue weighted by Crippen LogP contribution is 2.18. The van der Waals surface area contributed by atoms with Crippen LogP contribution in [0, 0.1) is 6.92 Å². The molecular formula is C30H32Cl2O8S. The number of hydrogen-bond donors (Lipinski definition) is 2. The van der Waals surface area contributed by atoms with Crippen LogP contribution in [0.1, 0.15) is 43.4 Å². The molecule has 8 nitrogen and oxygen atoms in total. The maximum Gasteiger partial charge on any atom is 0.320 e. The van der Waals surface area contributed by atoms with Gasteiger partial charge in [-0.2, -0.15) is 0 Å². The Morgan fingerprint density at radius 3 is 1.66 bits per heavy atom. The summed E-state index contributed by atoms with van der Waals surface area (Å²) in [4.78, 5) is 42.4. The Labute approximate surface area is 253 Å². The molecule has 1 aliphatic rings. The number of aryl methyl sites for hydroxylation is 1. The number of aliphatic hydroxyl groups excluding tert-OH is 1. The zero-order valence-electron chi connectivity index (χ0n) is 22.8. The molecule has 1 aliphatic heterocycles. The average Bonchev–Trinajstić information content (AvgIpc) is 2.89. The van der Waals surface area contributed by atoms with Gasteiger partial charge in [0.2, 0.25) is 0 Å². The minimum Gasteiger partial charge on any atom is -0.481 e. The van der Waals surface area contributed by atoms with Crippen LogP contribution in [0.2, 0.25) is 10.0 Å². The van der Waals surface area contributed by atoms with Crippen LogP contribution in [0.25, 0.3) is 0 Å². The summed E-state index contributed by atoms with van der Waals surface area (Å²) < 4.78 is 9.32. The number of thioether (sulfide) groups is 1. The van der Waals surface area contributed by atoms with Crippen LogP contribution in [0.5, 0.6) is 0 Å². The molecule has 0 saturated carbocycles. The van der Waals surface area contributed by atoms with E-state index in [9.17, 15) is 19.2 Å². The van der Waals surface area contributed by atoms with Crippen molar-refractivity contribution in [3.8, 4) is 0 Å². The minimum atomic E-state index is -1.09. The molecule has 0 atom stereocenters. The lowest BCUT2D eigenvalue weighted by molar-refractivity contribution is -0.231. The largest absolute Gasteiger partial charge is 0.481 e. The molecule has 2 N–H and O–H groups in total. The molecule has 0 unspecified atom stereocenters. The second kappa shape index (κ2) is 18.9. The van der Waals surface area contributed by atoms with Gasteiger partial charge in [-0.05, 0) is 42.3 Å². The van der Waals surface area contributed by atoms with E-state index in [4.69, 9.17) is 33.4 Å². The van der Waals surface area contributed by atoms with Crippen molar-refractivity contribution in [3.63, 3.8) is 0 Å². The van der Waals surface area contributed by atoms with Gasteiger partial charge in [0, 0.05) is 29.6 Å². The van der Waals surface area contributed by atoms with Gasteiger partial charge in [-0.1, -0.05) is 95.1 Å². The van der Waals surface area contributed by atoms with Crippen LogP contribution in [-0.2, 0) is 41.0 Å². The summed E-state index contributed by atoms with van der Waals surface area (Å²) in [6.07, 6.45) is -0.707. The zero-order chi connectivity index (χ0) is 30.8. The average molecular weight is 624 g/mol. The summed E-state index contributed by atoms with van der Waals surface area (Å²) in [5, 5.41) is 18.0. The standard InChI is InChI=1S/C10H9ClO3S.C7H7ClO.C7H8.C6H8O4/c11-8-3-1-7(2-4-8)6-15-10(14)5-9(12)13;8-7-3-1-6(5-9)2-4-7;1-7-5-3-2-4-6-7;1-6(2)9-4(7)3-5(8)10-6/h1-4H,5-6H2,(H,12,13);1-4,9H,5H2;2-6H,1H3;3H2,1-2H3. The topological polar surface area (TPSA) is 127 Å². The molecule has 1 saturated heterocycles. The third kappa shape index (κ3) is 17.8. The van der Waals surface area contributed by atoms with Gasteiger partial charge in [0.1, 0.15) is 12.8 Å². The predicted molar refractivity (Wildman–Crippen MR) is 159 cm³/mol. The van der Waals surface area contributed by atoms with E-state index >= 15 is 0 Å². The molecule has 220 valence electrons. The molecule has 3 aromatic carbocycles. The van der Waals surface area contributed by atoms with E-state index in [2.05, 4.69) is 28.5 Å². The Balaban J connectivity index is 0.000000284. The number of aliphatic carboxylic acids is 1. The number of carboxylic acid groups (broad SMARTS) is 1. The number of rotatable bonds is 5. The summed E-state index contributed by atoms with van der Waals surface area (Å²) in [7, 11) is 0. The van der Waals surface area contributed by atoms with Crippen molar-refractivity contribution in [1.29, 1.82) is 0 Å². The summed E-state index contributed by atoms with van der Waals surface area (Å²) >= 11 is 12.3. The summed E-state index contributed by atoms with van der Waals surface area (Å²) in [5.41, 5.74) is 3.16. The first kappa shape index (κ1) is 35.7. The lowest BCUT2D eigenvalue weighted by Gasteiger charge is -2.28. The second-order valence-electron chi connectivity index (χ2n) is 8.82. The predicted octanol–water partition coefficient (Wildman–Crippen LogP) is 6.61. The lowest BCUT2D eigenvalue weighted by Crippen LogP contribution is -2.39. The molecule has 1 fully saturated rings. The highest BCUT2D eigenvalue weighted by Gasteiger charge is 2.34. The van der Waals surface area contributed by atoms with Crippen LogP contribution in [0.3, 0.4) is 0 Å². The van der Waals surface area contributed by atoms with Gasteiger partial charge < -0.3 is 19.7 Å². The zero-order valence-corrected chi connectivity index (χ0v) is 25.2. The Hall–Kier alpha value is -3.37. The highest BCUT2D eigenvalue weighted by atomic mass is 35.5. The first-order valence-electron chi connectivity index (χ1n) is 12.2. The second-order valence-corrected chi connectivity index (χ2v) is 10.7. The summed E-state index contributed by atoms with van der Waals surface area (Å²) in [6, 6.07) is 24.5. The van der Waals surface area contributed by atoms with Crippen molar-refractivity contribution in [1.82, 2.24) is 0 Å². The molecule has 1 heterocycles. The van der Waals surface area contributed by atoms with Gasteiger partial charge in [0.05, 0.1) is 6.61 Å². The van der Waals surface area contributed by atoms with E-state index < -0.39 is 30.1 Å². The number of ether oxygens (including phenoxy) is 2. The van der Waals surface area contributed by atoms with Crippen molar-refractivity contribution >= 4 is 58.0 Å². The maximum absolute atomic E-state index is 11.0.